The molecule has 1 aliphatic rings. The highest BCUT2D eigenvalue weighted by atomic mass is 35.5. The van der Waals surface area contributed by atoms with Crippen molar-refractivity contribution in [2.75, 3.05) is 18.4 Å². The third-order valence-electron chi connectivity index (χ3n) is 3.92. The van der Waals surface area contributed by atoms with Crippen LogP contribution in [0.25, 0.3) is 5.82 Å². The first-order valence-electron chi connectivity index (χ1n) is 7.63. The Labute approximate surface area is 153 Å². The minimum absolute atomic E-state index is 0. The number of halogens is 2. The lowest BCUT2D eigenvalue weighted by Gasteiger charge is -2.22. The quantitative estimate of drug-likeness (QED) is 0.840. The average molecular weight is 373 g/mol. The lowest BCUT2D eigenvalue weighted by Crippen LogP contribution is -2.28. The molecule has 0 radical (unpaired) electrons. The van der Waals surface area contributed by atoms with Crippen molar-refractivity contribution in [2.45, 2.75) is 25.7 Å². The van der Waals surface area contributed by atoms with E-state index in [2.05, 4.69) is 25.7 Å². The minimum atomic E-state index is 0. The van der Waals surface area contributed by atoms with Gasteiger partial charge in [-0.1, -0.05) is 0 Å². The molecule has 1 fully saturated rings. The van der Waals surface area contributed by atoms with Gasteiger partial charge in [0.1, 0.15) is 12.7 Å². The molecule has 2 N–H and O–H groups in total. The summed E-state index contributed by atoms with van der Waals surface area (Å²) in [6.07, 6.45) is 8.54. The van der Waals surface area contributed by atoms with E-state index < -0.39 is 0 Å². The van der Waals surface area contributed by atoms with Crippen LogP contribution in [-0.4, -0.2) is 38.7 Å². The van der Waals surface area contributed by atoms with E-state index in [1.807, 2.05) is 6.07 Å². The van der Waals surface area contributed by atoms with Gasteiger partial charge in [0.05, 0.1) is 11.9 Å². The van der Waals surface area contributed by atoms with E-state index in [0.717, 1.165) is 19.5 Å². The van der Waals surface area contributed by atoms with E-state index in [1.165, 1.54) is 19.2 Å². The van der Waals surface area contributed by atoms with Gasteiger partial charge in [0, 0.05) is 6.42 Å². The van der Waals surface area contributed by atoms with E-state index >= 15 is 0 Å². The van der Waals surface area contributed by atoms with Gasteiger partial charge in [-0.3, -0.25) is 4.79 Å². The molecule has 0 aliphatic carbocycles. The van der Waals surface area contributed by atoms with Crippen LogP contribution in [0.5, 0.6) is 0 Å². The summed E-state index contributed by atoms with van der Waals surface area (Å²) in [6, 6.07) is 3.63. The van der Waals surface area contributed by atoms with Crippen LogP contribution >= 0.6 is 24.8 Å². The predicted octanol–water partition coefficient (Wildman–Crippen LogP) is 2.22. The third kappa shape index (κ3) is 5.74. The topological polar surface area (TPSA) is 84.7 Å². The molecule has 7 nitrogen and oxygen atoms in total. The van der Waals surface area contributed by atoms with Crippen molar-refractivity contribution in [2.24, 2.45) is 5.92 Å². The SMILES string of the molecule is Cl.Cl.O=C(CCC1CCNCC1)Nc1ccc(-n2cncn2)nc1. The molecular weight excluding hydrogens is 351 g/mol. The fraction of sp³-hybridized carbons (Fsp3) is 0.467. The first kappa shape index (κ1) is 20.3. The zero-order chi connectivity index (χ0) is 15.2. The Morgan fingerprint density at radius 3 is 2.71 bits per heavy atom. The van der Waals surface area contributed by atoms with Crippen molar-refractivity contribution in [1.29, 1.82) is 0 Å². The van der Waals surface area contributed by atoms with Crippen LogP contribution in [0.3, 0.4) is 0 Å². The Balaban J connectivity index is 0.00000144. The van der Waals surface area contributed by atoms with Crippen molar-refractivity contribution in [3.63, 3.8) is 0 Å². The maximum Gasteiger partial charge on any atom is 0.224 e. The van der Waals surface area contributed by atoms with Gasteiger partial charge in [-0.25, -0.2) is 14.6 Å². The molecule has 3 heterocycles. The second-order valence-electron chi connectivity index (χ2n) is 5.53. The molecule has 1 amide bonds. The van der Waals surface area contributed by atoms with Gasteiger partial charge in [0.15, 0.2) is 5.82 Å². The Hall–Kier alpha value is -1.70. The molecule has 0 saturated carbocycles. The third-order valence-corrected chi connectivity index (χ3v) is 3.92. The molecule has 0 bridgehead atoms. The first-order valence-corrected chi connectivity index (χ1v) is 7.63. The second-order valence-corrected chi connectivity index (χ2v) is 5.53. The summed E-state index contributed by atoms with van der Waals surface area (Å²) in [5.41, 5.74) is 0.708. The number of amides is 1. The maximum atomic E-state index is 12.0. The molecule has 132 valence electrons. The van der Waals surface area contributed by atoms with Crippen LogP contribution in [0.1, 0.15) is 25.7 Å². The molecular formula is C15H22Cl2N6O. The van der Waals surface area contributed by atoms with Gasteiger partial charge in [0.25, 0.3) is 0 Å². The molecule has 0 spiro atoms. The zero-order valence-electron chi connectivity index (χ0n) is 13.2. The number of nitrogens with one attached hydrogen (secondary N) is 2. The molecule has 1 saturated heterocycles. The van der Waals surface area contributed by atoms with Crippen LogP contribution < -0.4 is 10.6 Å². The lowest BCUT2D eigenvalue weighted by atomic mass is 9.93. The second kappa shape index (κ2) is 10.2. The number of piperidine rings is 1. The lowest BCUT2D eigenvalue weighted by molar-refractivity contribution is -0.116. The van der Waals surface area contributed by atoms with E-state index in [9.17, 15) is 4.79 Å². The molecule has 3 rings (SSSR count). The summed E-state index contributed by atoms with van der Waals surface area (Å²) in [5, 5.41) is 10.2. The monoisotopic (exact) mass is 372 g/mol. The maximum absolute atomic E-state index is 12.0. The normalized spacial score (nSPS) is 14.3. The number of pyridine rings is 1. The largest absolute Gasteiger partial charge is 0.325 e. The van der Waals surface area contributed by atoms with Crippen molar-refractivity contribution in [1.82, 2.24) is 25.1 Å². The van der Waals surface area contributed by atoms with E-state index in [1.54, 1.807) is 23.3 Å². The Morgan fingerprint density at radius 2 is 2.08 bits per heavy atom. The zero-order valence-corrected chi connectivity index (χ0v) is 14.9. The van der Waals surface area contributed by atoms with Crippen molar-refractivity contribution < 1.29 is 4.79 Å². The number of rotatable bonds is 5. The van der Waals surface area contributed by atoms with Crippen molar-refractivity contribution in [3.8, 4) is 5.82 Å². The molecule has 0 unspecified atom stereocenters. The van der Waals surface area contributed by atoms with E-state index in [-0.39, 0.29) is 30.7 Å². The van der Waals surface area contributed by atoms with Crippen molar-refractivity contribution in [3.05, 3.63) is 31.0 Å². The number of carbonyl (C=O) groups is 1. The Kier molecular flexibility index (Phi) is 8.67. The average Bonchev–Trinajstić information content (AvgIpc) is 3.09. The van der Waals surface area contributed by atoms with Gasteiger partial charge in [0.2, 0.25) is 5.91 Å². The van der Waals surface area contributed by atoms with Crippen LogP contribution in [0, 0.1) is 5.92 Å². The first-order chi connectivity index (χ1) is 10.8. The van der Waals surface area contributed by atoms with E-state index in [4.69, 9.17) is 0 Å². The summed E-state index contributed by atoms with van der Waals surface area (Å²) in [5.74, 6) is 1.39. The summed E-state index contributed by atoms with van der Waals surface area (Å²) in [7, 11) is 0. The summed E-state index contributed by atoms with van der Waals surface area (Å²) < 4.78 is 1.57. The highest BCUT2D eigenvalue weighted by Gasteiger charge is 2.14. The van der Waals surface area contributed by atoms with Crippen LogP contribution in [-0.2, 0) is 4.79 Å². The predicted molar refractivity (Wildman–Crippen MR) is 97.1 cm³/mol. The minimum Gasteiger partial charge on any atom is -0.325 e. The molecule has 24 heavy (non-hydrogen) atoms. The summed E-state index contributed by atoms with van der Waals surface area (Å²) in [4.78, 5) is 20.1. The fourth-order valence-electron chi connectivity index (χ4n) is 2.65. The van der Waals surface area contributed by atoms with Gasteiger partial charge >= 0.3 is 0 Å². The fourth-order valence-corrected chi connectivity index (χ4v) is 2.65. The van der Waals surface area contributed by atoms with Gasteiger partial charge in [-0.2, -0.15) is 5.10 Å². The molecule has 2 aromatic rings. The molecule has 9 heteroatoms. The highest BCUT2D eigenvalue weighted by Crippen LogP contribution is 2.18. The Bertz CT molecular complexity index is 599. The number of hydrogen-bond acceptors (Lipinski definition) is 5. The Morgan fingerprint density at radius 1 is 1.29 bits per heavy atom. The highest BCUT2D eigenvalue weighted by molar-refractivity contribution is 5.90. The van der Waals surface area contributed by atoms with Crippen LogP contribution in [0.4, 0.5) is 5.69 Å². The van der Waals surface area contributed by atoms with Crippen molar-refractivity contribution >= 4 is 36.4 Å². The number of aromatic nitrogens is 4. The molecule has 1 aliphatic heterocycles. The van der Waals surface area contributed by atoms with Gasteiger partial charge < -0.3 is 10.6 Å². The summed E-state index contributed by atoms with van der Waals surface area (Å²) in [6.45, 7) is 2.14. The number of nitrogens with zero attached hydrogens (tertiary/aromatic N) is 4. The summed E-state index contributed by atoms with van der Waals surface area (Å²) >= 11 is 0. The standard InChI is InChI=1S/C15H20N6O.2ClH/c22-15(4-1-12-5-7-16-8-6-12)20-13-2-3-14(18-9-13)21-11-17-10-19-21;;/h2-3,9-12,16H,1,4-8H2,(H,20,22);2*1H. The number of hydrogen-bond donors (Lipinski definition) is 2. The van der Waals surface area contributed by atoms with Crippen LogP contribution in [0.15, 0.2) is 31.0 Å². The van der Waals surface area contributed by atoms with Gasteiger partial charge in [-0.05, 0) is 50.4 Å². The smallest absolute Gasteiger partial charge is 0.224 e. The number of anilines is 1. The van der Waals surface area contributed by atoms with Crippen LogP contribution in [0.2, 0.25) is 0 Å². The van der Waals surface area contributed by atoms with Gasteiger partial charge in [-0.15, -0.1) is 24.8 Å². The number of carbonyl (C=O) groups excluding carboxylic acids is 1. The molecule has 0 atom stereocenters. The van der Waals surface area contributed by atoms with E-state index in [0.29, 0.717) is 23.8 Å². The molecule has 2 aromatic heterocycles. The molecule has 0 aromatic carbocycles.